The van der Waals surface area contributed by atoms with Crippen LogP contribution in [0.5, 0.6) is 0 Å². The lowest BCUT2D eigenvalue weighted by molar-refractivity contribution is 0.662. The molecule has 0 N–H and O–H groups in total. The molecular weight excluding hydrogens is 725 g/mol. The van der Waals surface area contributed by atoms with Gasteiger partial charge in [0.25, 0.3) is 0 Å². The molecule has 5 nitrogen and oxygen atoms in total. The molecule has 5 heteroatoms. The highest BCUT2D eigenvalue weighted by Gasteiger charge is 2.22. The van der Waals surface area contributed by atoms with Crippen LogP contribution in [0.15, 0.2) is 195 Å². The van der Waals surface area contributed by atoms with Crippen LogP contribution in [-0.2, 0) is 0 Å². The predicted octanol–water partition coefficient (Wildman–Crippen LogP) is 15.2. The van der Waals surface area contributed by atoms with E-state index in [-0.39, 0.29) is 0 Å². The van der Waals surface area contributed by atoms with E-state index in [1.165, 1.54) is 27.1 Å². The van der Waals surface area contributed by atoms with Crippen molar-refractivity contribution >= 4 is 109 Å². The van der Waals surface area contributed by atoms with Gasteiger partial charge >= 0.3 is 0 Å². The summed E-state index contributed by atoms with van der Waals surface area (Å²) in [7, 11) is 0. The highest BCUT2D eigenvalue weighted by atomic mass is 16.3. The minimum atomic E-state index is 0.828. The summed E-state index contributed by atoms with van der Waals surface area (Å²) < 4.78 is 24.5. The van der Waals surface area contributed by atoms with E-state index in [0.29, 0.717) is 0 Å². The van der Waals surface area contributed by atoms with Gasteiger partial charge in [0.1, 0.15) is 27.9 Å². The number of aromatic nitrogens is 2. The average Bonchev–Trinajstić information content (AvgIpc) is 4.09. The SMILES string of the molecule is c1ccc(-n2c3ccccc3c3cc4c5ccccc5n(-c5cccc6c5oc5cc7c(cc56)oc5cc(-c6ccc8c(c6)oc6ccccc68)ccc57)c4cc32)cc1. The Morgan fingerprint density at radius 2 is 0.797 bits per heavy atom. The number of hydrogen-bond acceptors (Lipinski definition) is 3. The van der Waals surface area contributed by atoms with Gasteiger partial charge in [0.05, 0.1) is 27.8 Å². The van der Waals surface area contributed by atoms with Gasteiger partial charge in [0, 0.05) is 59.5 Å². The summed E-state index contributed by atoms with van der Waals surface area (Å²) in [5.41, 5.74) is 14.0. The van der Waals surface area contributed by atoms with Crippen molar-refractivity contribution in [1.29, 1.82) is 0 Å². The average molecular weight is 755 g/mol. The number of para-hydroxylation sites is 5. The number of hydrogen-bond donors (Lipinski definition) is 0. The van der Waals surface area contributed by atoms with Gasteiger partial charge in [-0.05, 0) is 96.1 Å². The molecule has 0 bridgehead atoms. The van der Waals surface area contributed by atoms with Crippen LogP contribution in [0.2, 0.25) is 0 Å². The van der Waals surface area contributed by atoms with Gasteiger partial charge in [0.2, 0.25) is 0 Å². The van der Waals surface area contributed by atoms with Crippen LogP contribution < -0.4 is 0 Å². The molecule has 14 rings (SSSR count). The van der Waals surface area contributed by atoms with Crippen LogP contribution >= 0.6 is 0 Å². The summed E-state index contributed by atoms with van der Waals surface area (Å²) in [4.78, 5) is 0. The van der Waals surface area contributed by atoms with Crippen molar-refractivity contribution < 1.29 is 13.3 Å². The van der Waals surface area contributed by atoms with Crippen molar-refractivity contribution in [3.63, 3.8) is 0 Å². The normalized spacial score (nSPS) is 12.4. The first-order chi connectivity index (χ1) is 29.2. The fraction of sp³-hybridized carbons (Fsp3) is 0. The molecule has 0 fully saturated rings. The molecule has 0 radical (unpaired) electrons. The standard InChI is InChI=1S/C54H30N2O3/c1-2-11-33(12-3-1)55-44-17-7-4-13-34(44)40-27-41-35-14-5-8-18-45(35)56(48(41)30-47(40)55)46-19-10-16-39-43-29-52-42(28-53(43)59-54(39)46)38-24-22-32(26-51(38)58-52)31-21-23-37-36-15-6-9-20-49(36)57-50(37)25-31/h1-30H. The van der Waals surface area contributed by atoms with Crippen LogP contribution in [-0.4, -0.2) is 9.13 Å². The largest absolute Gasteiger partial charge is 0.456 e. The molecule has 274 valence electrons. The molecule has 0 aliphatic heterocycles. The van der Waals surface area contributed by atoms with Gasteiger partial charge in [0.15, 0.2) is 5.58 Å². The number of fused-ring (bicyclic) bond motifs is 15. The van der Waals surface area contributed by atoms with Crippen molar-refractivity contribution in [2.24, 2.45) is 0 Å². The topological polar surface area (TPSA) is 49.3 Å². The van der Waals surface area contributed by atoms with Gasteiger partial charge < -0.3 is 22.4 Å². The second-order valence-electron chi connectivity index (χ2n) is 15.6. The molecule has 5 heterocycles. The van der Waals surface area contributed by atoms with Crippen LogP contribution in [0.4, 0.5) is 0 Å². The molecule has 5 aromatic heterocycles. The van der Waals surface area contributed by atoms with Crippen LogP contribution in [0.1, 0.15) is 0 Å². The first-order valence-electron chi connectivity index (χ1n) is 20.0. The summed E-state index contributed by atoms with van der Waals surface area (Å²) in [6, 6.07) is 64.6. The summed E-state index contributed by atoms with van der Waals surface area (Å²) in [6.45, 7) is 0. The number of benzene rings is 9. The molecule has 9 aromatic carbocycles. The lowest BCUT2D eigenvalue weighted by Crippen LogP contribution is -1.96. The molecule has 14 aromatic rings. The molecular formula is C54H30N2O3. The third-order valence-corrected chi connectivity index (χ3v) is 12.5. The molecule has 0 aliphatic carbocycles. The van der Waals surface area contributed by atoms with E-state index in [9.17, 15) is 0 Å². The summed E-state index contributed by atoms with van der Waals surface area (Å²) >= 11 is 0. The Kier molecular flexibility index (Phi) is 5.96. The van der Waals surface area contributed by atoms with Gasteiger partial charge in [-0.15, -0.1) is 0 Å². The Morgan fingerprint density at radius 3 is 1.54 bits per heavy atom. The Balaban J connectivity index is 0.959. The Morgan fingerprint density at radius 1 is 0.271 bits per heavy atom. The zero-order chi connectivity index (χ0) is 38.3. The van der Waals surface area contributed by atoms with E-state index in [1.807, 2.05) is 18.2 Å². The first kappa shape index (κ1) is 31.1. The second-order valence-corrected chi connectivity index (χ2v) is 15.6. The van der Waals surface area contributed by atoms with Gasteiger partial charge in [-0.25, -0.2) is 0 Å². The molecule has 59 heavy (non-hydrogen) atoms. The number of furan rings is 3. The van der Waals surface area contributed by atoms with E-state index in [2.05, 4.69) is 173 Å². The van der Waals surface area contributed by atoms with Crippen molar-refractivity contribution in [1.82, 2.24) is 9.13 Å². The Hall–Kier alpha value is -8.02. The maximum absolute atomic E-state index is 6.94. The third kappa shape index (κ3) is 4.23. The highest BCUT2D eigenvalue weighted by Crippen LogP contribution is 2.44. The molecule has 0 atom stereocenters. The number of nitrogens with zero attached hydrogens (tertiary/aromatic N) is 2. The Labute approximate surface area is 335 Å². The molecule has 0 saturated carbocycles. The van der Waals surface area contributed by atoms with E-state index in [1.54, 1.807) is 0 Å². The Bertz CT molecular complexity index is 4080. The smallest absolute Gasteiger partial charge is 0.159 e. The minimum absolute atomic E-state index is 0.828. The third-order valence-electron chi connectivity index (χ3n) is 12.5. The highest BCUT2D eigenvalue weighted by molar-refractivity contribution is 6.21. The van der Waals surface area contributed by atoms with E-state index < -0.39 is 0 Å². The molecule has 0 spiro atoms. The number of rotatable bonds is 3. The molecule has 0 aliphatic rings. The predicted molar refractivity (Wildman–Crippen MR) is 242 cm³/mol. The lowest BCUT2D eigenvalue weighted by atomic mass is 10.0. The van der Waals surface area contributed by atoms with Gasteiger partial charge in [-0.3, -0.25) is 0 Å². The van der Waals surface area contributed by atoms with Gasteiger partial charge in [-0.1, -0.05) is 97.1 Å². The van der Waals surface area contributed by atoms with Crippen molar-refractivity contribution in [3.05, 3.63) is 182 Å². The van der Waals surface area contributed by atoms with E-state index in [4.69, 9.17) is 13.3 Å². The van der Waals surface area contributed by atoms with Crippen LogP contribution in [0.3, 0.4) is 0 Å². The van der Waals surface area contributed by atoms with Crippen LogP contribution in [0, 0.1) is 0 Å². The first-order valence-corrected chi connectivity index (χ1v) is 20.0. The van der Waals surface area contributed by atoms with E-state index in [0.717, 1.165) is 105 Å². The fourth-order valence-corrected chi connectivity index (χ4v) is 9.86. The molecule has 0 unspecified atom stereocenters. The molecule has 0 amide bonds. The quantitative estimate of drug-likeness (QED) is 0.180. The summed E-state index contributed by atoms with van der Waals surface area (Å²) in [5.74, 6) is 0. The fourth-order valence-electron chi connectivity index (χ4n) is 9.86. The second kappa shape index (κ2) is 11.3. The van der Waals surface area contributed by atoms with Crippen LogP contribution in [0.25, 0.3) is 132 Å². The summed E-state index contributed by atoms with van der Waals surface area (Å²) in [6.07, 6.45) is 0. The minimum Gasteiger partial charge on any atom is -0.456 e. The van der Waals surface area contributed by atoms with Crippen molar-refractivity contribution in [3.8, 4) is 22.5 Å². The maximum atomic E-state index is 6.94. The summed E-state index contributed by atoms with van der Waals surface area (Å²) in [5, 5.41) is 11.3. The zero-order valence-electron chi connectivity index (χ0n) is 31.4. The lowest BCUT2D eigenvalue weighted by Gasteiger charge is -2.10. The van der Waals surface area contributed by atoms with Gasteiger partial charge in [-0.2, -0.15) is 0 Å². The zero-order valence-corrected chi connectivity index (χ0v) is 31.4. The maximum Gasteiger partial charge on any atom is 0.159 e. The van der Waals surface area contributed by atoms with Crippen molar-refractivity contribution in [2.75, 3.05) is 0 Å². The monoisotopic (exact) mass is 754 g/mol. The van der Waals surface area contributed by atoms with Crippen molar-refractivity contribution in [2.45, 2.75) is 0 Å². The molecule has 0 saturated heterocycles. The van der Waals surface area contributed by atoms with E-state index >= 15 is 0 Å².